The predicted molar refractivity (Wildman–Crippen MR) is 41.6 cm³/mol. The van der Waals surface area contributed by atoms with Crippen molar-refractivity contribution in [3.63, 3.8) is 0 Å². The molecule has 2 rings (SSSR count). The van der Waals surface area contributed by atoms with Gasteiger partial charge in [0, 0.05) is 0 Å². The van der Waals surface area contributed by atoms with Crippen molar-refractivity contribution in [1.29, 1.82) is 0 Å². The molecule has 0 atom stereocenters. The molecule has 1 spiro atoms. The highest BCUT2D eigenvalue weighted by atomic mass is 16.6. The Labute approximate surface area is 67.1 Å². The van der Waals surface area contributed by atoms with Crippen molar-refractivity contribution in [1.82, 2.24) is 5.32 Å². The van der Waals surface area contributed by atoms with Gasteiger partial charge in [0.05, 0.1) is 25.4 Å². The molecule has 11 heavy (non-hydrogen) atoms. The Morgan fingerprint density at radius 1 is 1.09 bits per heavy atom. The van der Waals surface area contributed by atoms with Gasteiger partial charge in [-0.15, -0.1) is 0 Å². The van der Waals surface area contributed by atoms with Crippen molar-refractivity contribution in [3.05, 3.63) is 0 Å². The molecule has 2 heterocycles. The maximum Gasteiger partial charge on any atom is 0.0940 e. The summed E-state index contributed by atoms with van der Waals surface area (Å²) in [6.07, 6.45) is 2.21. The van der Waals surface area contributed by atoms with Crippen molar-refractivity contribution in [2.24, 2.45) is 0 Å². The molecule has 0 aromatic carbocycles. The van der Waals surface area contributed by atoms with E-state index in [1.807, 2.05) is 0 Å². The topological polar surface area (TPSA) is 30.5 Å². The summed E-state index contributed by atoms with van der Waals surface area (Å²) in [6, 6.07) is 0. The Bertz CT molecular complexity index is 107. The first kappa shape index (κ1) is 7.53. The molecule has 64 valence electrons. The molecule has 0 aromatic rings. The average molecular weight is 157 g/mol. The third kappa shape index (κ3) is 1.55. The standard InChI is InChI=1S/C8H15NO2/c1-3-9-4-2-8(1)7-10-5-6-11-8/h9H,1-7H2. The number of hydrogen-bond acceptors (Lipinski definition) is 3. The second kappa shape index (κ2) is 3.09. The van der Waals surface area contributed by atoms with E-state index in [0.29, 0.717) is 0 Å². The Morgan fingerprint density at radius 3 is 2.55 bits per heavy atom. The van der Waals surface area contributed by atoms with Gasteiger partial charge in [-0.2, -0.15) is 0 Å². The normalized spacial score (nSPS) is 30.5. The van der Waals surface area contributed by atoms with Crippen LogP contribution in [0.2, 0.25) is 0 Å². The Kier molecular flexibility index (Phi) is 2.11. The van der Waals surface area contributed by atoms with Crippen LogP contribution in [0.4, 0.5) is 0 Å². The minimum Gasteiger partial charge on any atom is -0.376 e. The lowest BCUT2D eigenvalue weighted by Gasteiger charge is -2.40. The number of ether oxygens (including phenoxy) is 2. The first-order valence-corrected chi connectivity index (χ1v) is 4.34. The molecule has 0 saturated carbocycles. The Hall–Kier alpha value is -0.120. The second-order valence-electron chi connectivity index (χ2n) is 3.33. The van der Waals surface area contributed by atoms with Gasteiger partial charge in [-0.1, -0.05) is 0 Å². The summed E-state index contributed by atoms with van der Waals surface area (Å²) in [7, 11) is 0. The second-order valence-corrected chi connectivity index (χ2v) is 3.33. The van der Waals surface area contributed by atoms with E-state index in [1.165, 1.54) is 0 Å². The van der Waals surface area contributed by atoms with Gasteiger partial charge in [0.15, 0.2) is 0 Å². The third-order valence-electron chi connectivity index (χ3n) is 2.52. The smallest absolute Gasteiger partial charge is 0.0940 e. The molecule has 0 amide bonds. The number of hydrogen-bond donors (Lipinski definition) is 1. The van der Waals surface area contributed by atoms with Gasteiger partial charge in [0.25, 0.3) is 0 Å². The van der Waals surface area contributed by atoms with Crippen LogP contribution in [0.15, 0.2) is 0 Å². The van der Waals surface area contributed by atoms with Crippen molar-refractivity contribution < 1.29 is 9.47 Å². The zero-order valence-corrected chi connectivity index (χ0v) is 6.77. The Balaban J connectivity index is 1.94. The molecule has 0 unspecified atom stereocenters. The van der Waals surface area contributed by atoms with E-state index in [2.05, 4.69) is 5.32 Å². The quantitative estimate of drug-likeness (QED) is 0.543. The van der Waals surface area contributed by atoms with Crippen LogP contribution >= 0.6 is 0 Å². The molecule has 1 N–H and O–H groups in total. The van der Waals surface area contributed by atoms with Crippen LogP contribution in [0.3, 0.4) is 0 Å². The van der Waals surface area contributed by atoms with Crippen LogP contribution in [0.1, 0.15) is 12.8 Å². The molecule has 0 bridgehead atoms. The summed E-state index contributed by atoms with van der Waals surface area (Å²) in [6.45, 7) is 4.50. The molecule has 0 radical (unpaired) electrons. The maximum absolute atomic E-state index is 5.74. The van der Waals surface area contributed by atoms with Gasteiger partial charge in [0.1, 0.15) is 0 Å². The van der Waals surface area contributed by atoms with E-state index in [0.717, 1.165) is 45.8 Å². The minimum absolute atomic E-state index is 0.0729. The number of piperidine rings is 1. The van der Waals surface area contributed by atoms with E-state index in [9.17, 15) is 0 Å². The minimum atomic E-state index is 0.0729. The van der Waals surface area contributed by atoms with Crippen LogP contribution in [-0.4, -0.2) is 38.5 Å². The third-order valence-corrected chi connectivity index (χ3v) is 2.52. The van der Waals surface area contributed by atoms with Gasteiger partial charge >= 0.3 is 0 Å². The van der Waals surface area contributed by atoms with Crippen LogP contribution < -0.4 is 5.32 Å². The zero-order chi connectivity index (χ0) is 7.57. The summed E-state index contributed by atoms with van der Waals surface area (Å²) in [4.78, 5) is 0. The highest BCUT2D eigenvalue weighted by Gasteiger charge is 2.35. The van der Waals surface area contributed by atoms with Gasteiger partial charge < -0.3 is 14.8 Å². The molecule has 2 aliphatic heterocycles. The van der Waals surface area contributed by atoms with Crippen LogP contribution in [0.25, 0.3) is 0 Å². The van der Waals surface area contributed by atoms with E-state index in [-0.39, 0.29) is 5.60 Å². The van der Waals surface area contributed by atoms with E-state index in [1.54, 1.807) is 0 Å². The Morgan fingerprint density at radius 2 is 1.91 bits per heavy atom. The summed E-state index contributed by atoms with van der Waals surface area (Å²) >= 11 is 0. The molecular weight excluding hydrogens is 142 g/mol. The van der Waals surface area contributed by atoms with Crippen molar-refractivity contribution in [3.8, 4) is 0 Å². The molecule has 3 heteroatoms. The van der Waals surface area contributed by atoms with E-state index >= 15 is 0 Å². The first-order valence-electron chi connectivity index (χ1n) is 4.34. The fourth-order valence-corrected chi connectivity index (χ4v) is 1.79. The maximum atomic E-state index is 5.74. The fraction of sp³-hybridized carbons (Fsp3) is 1.00. The lowest BCUT2D eigenvalue weighted by atomic mass is 9.92. The monoisotopic (exact) mass is 157 g/mol. The van der Waals surface area contributed by atoms with E-state index < -0.39 is 0 Å². The summed E-state index contributed by atoms with van der Waals surface area (Å²) < 4.78 is 11.2. The van der Waals surface area contributed by atoms with Crippen LogP contribution in [0.5, 0.6) is 0 Å². The molecule has 0 aromatic heterocycles. The number of rotatable bonds is 0. The molecule has 3 nitrogen and oxygen atoms in total. The summed E-state index contributed by atoms with van der Waals surface area (Å²) in [5, 5.41) is 3.32. The largest absolute Gasteiger partial charge is 0.376 e. The predicted octanol–water partition coefficient (Wildman–Crippen LogP) is 0.155. The summed E-state index contributed by atoms with van der Waals surface area (Å²) in [5.74, 6) is 0. The van der Waals surface area contributed by atoms with Crippen LogP contribution in [-0.2, 0) is 9.47 Å². The SMILES string of the molecule is C1CC2(CCN1)COCCO2. The van der Waals surface area contributed by atoms with Gasteiger partial charge in [-0.3, -0.25) is 0 Å². The van der Waals surface area contributed by atoms with Crippen molar-refractivity contribution in [2.45, 2.75) is 18.4 Å². The molecule has 2 aliphatic rings. The lowest BCUT2D eigenvalue weighted by molar-refractivity contribution is -0.167. The van der Waals surface area contributed by atoms with Crippen molar-refractivity contribution >= 4 is 0 Å². The van der Waals surface area contributed by atoms with E-state index in [4.69, 9.17) is 9.47 Å². The molecule has 2 saturated heterocycles. The highest BCUT2D eigenvalue weighted by molar-refractivity contribution is 4.87. The van der Waals surface area contributed by atoms with Gasteiger partial charge in [0.2, 0.25) is 0 Å². The zero-order valence-electron chi connectivity index (χ0n) is 6.77. The van der Waals surface area contributed by atoms with Crippen LogP contribution in [0, 0.1) is 0 Å². The average Bonchev–Trinajstić information content (AvgIpc) is 2.07. The van der Waals surface area contributed by atoms with Crippen molar-refractivity contribution in [2.75, 3.05) is 32.9 Å². The highest BCUT2D eigenvalue weighted by Crippen LogP contribution is 2.25. The van der Waals surface area contributed by atoms with Gasteiger partial charge in [-0.25, -0.2) is 0 Å². The molecule has 2 fully saturated rings. The molecular formula is C8H15NO2. The summed E-state index contributed by atoms with van der Waals surface area (Å²) in [5.41, 5.74) is 0.0729. The fourth-order valence-electron chi connectivity index (χ4n) is 1.79. The number of nitrogens with one attached hydrogen (secondary N) is 1. The molecule has 0 aliphatic carbocycles. The first-order chi connectivity index (χ1) is 5.41. The van der Waals surface area contributed by atoms with Gasteiger partial charge in [-0.05, 0) is 25.9 Å². The lowest BCUT2D eigenvalue weighted by Crippen LogP contribution is -2.50.